The van der Waals surface area contributed by atoms with E-state index in [-0.39, 0.29) is 5.92 Å². The van der Waals surface area contributed by atoms with E-state index in [1.165, 1.54) is 0 Å². The number of aromatic nitrogens is 6. The number of hydrogen-bond acceptors (Lipinski definition) is 5. The molecule has 0 saturated heterocycles. The maximum atomic E-state index is 5.90. The minimum atomic E-state index is 0.255. The Labute approximate surface area is 103 Å². The van der Waals surface area contributed by atoms with Gasteiger partial charge in [-0.1, -0.05) is 13.8 Å². The first-order valence-corrected chi connectivity index (χ1v) is 5.67. The second-order valence-corrected chi connectivity index (χ2v) is 4.35. The number of nitrogens with zero attached hydrogens (tertiary/aromatic N) is 5. The van der Waals surface area contributed by atoms with Gasteiger partial charge in [0, 0.05) is 12.4 Å². The molecule has 7 heteroatoms. The standard InChI is InChI=1S/C11H13N7/c1-6(2)9-8-10(12)15-16-11(8)18(17-9)7-5-13-3-4-14-7/h3-6H,1-2H3,(H3,12,15,16). The molecule has 0 amide bonds. The summed E-state index contributed by atoms with van der Waals surface area (Å²) in [5.74, 6) is 1.41. The van der Waals surface area contributed by atoms with Gasteiger partial charge in [0.25, 0.3) is 0 Å². The van der Waals surface area contributed by atoms with Crippen molar-refractivity contribution in [1.82, 2.24) is 29.9 Å². The van der Waals surface area contributed by atoms with E-state index in [2.05, 4.69) is 39.1 Å². The zero-order valence-corrected chi connectivity index (χ0v) is 10.1. The Kier molecular flexibility index (Phi) is 2.26. The number of anilines is 1. The summed E-state index contributed by atoms with van der Waals surface area (Å²) in [6.07, 6.45) is 4.88. The number of nitrogens with one attached hydrogen (secondary N) is 1. The molecule has 0 aliphatic heterocycles. The highest BCUT2D eigenvalue weighted by atomic mass is 15.4. The van der Waals surface area contributed by atoms with Crippen LogP contribution >= 0.6 is 0 Å². The monoisotopic (exact) mass is 243 g/mol. The first kappa shape index (κ1) is 10.7. The average Bonchev–Trinajstić information content (AvgIpc) is 2.92. The summed E-state index contributed by atoms with van der Waals surface area (Å²) in [6.45, 7) is 4.13. The molecule has 0 atom stereocenters. The van der Waals surface area contributed by atoms with Crippen LogP contribution in [0.4, 0.5) is 5.82 Å². The smallest absolute Gasteiger partial charge is 0.188 e. The van der Waals surface area contributed by atoms with Gasteiger partial charge in [0.05, 0.1) is 17.3 Å². The van der Waals surface area contributed by atoms with Gasteiger partial charge >= 0.3 is 0 Å². The summed E-state index contributed by atoms with van der Waals surface area (Å²) in [5.41, 5.74) is 7.48. The molecule has 0 aliphatic rings. The first-order valence-electron chi connectivity index (χ1n) is 5.67. The number of H-pyrrole nitrogens is 1. The molecule has 3 heterocycles. The maximum absolute atomic E-state index is 5.90. The summed E-state index contributed by atoms with van der Waals surface area (Å²) in [6, 6.07) is 0. The van der Waals surface area contributed by atoms with Gasteiger partial charge in [-0.05, 0) is 5.92 Å². The molecule has 0 saturated carbocycles. The lowest BCUT2D eigenvalue weighted by Gasteiger charge is -2.01. The van der Waals surface area contributed by atoms with E-state index in [0.717, 1.165) is 11.1 Å². The van der Waals surface area contributed by atoms with Gasteiger partial charge in [-0.3, -0.25) is 10.1 Å². The number of aromatic amines is 1. The third-order valence-electron chi connectivity index (χ3n) is 2.75. The molecule has 0 bridgehead atoms. The van der Waals surface area contributed by atoms with Crippen LogP contribution in [0.25, 0.3) is 16.9 Å². The molecule has 0 spiro atoms. The highest BCUT2D eigenvalue weighted by molar-refractivity contribution is 5.90. The maximum Gasteiger partial charge on any atom is 0.188 e. The summed E-state index contributed by atoms with van der Waals surface area (Å²) in [4.78, 5) is 8.26. The van der Waals surface area contributed by atoms with Crippen LogP contribution in [-0.4, -0.2) is 29.9 Å². The summed E-state index contributed by atoms with van der Waals surface area (Å²) in [7, 11) is 0. The summed E-state index contributed by atoms with van der Waals surface area (Å²) < 4.78 is 1.66. The van der Waals surface area contributed by atoms with Crippen LogP contribution in [0.15, 0.2) is 18.6 Å². The van der Waals surface area contributed by atoms with Gasteiger partial charge in [0.15, 0.2) is 11.5 Å². The Morgan fingerprint density at radius 1 is 1.33 bits per heavy atom. The molecule has 92 valence electrons. The third kappa shape index (κ3) is 1.44. The van der Waals surface area contributed by atoms with Crippen LogP contribution < -0.4 is 5.73 Å². The number of hydrogen-bond donors (Lipinski definition) is 2. The van der Waals surface area contributed by atoms with E-state index in [9.17, 15) is 0 Å². The lowest BCUT2D eigenvalue weighted by atomic mass is 10.1. The van der Waals surface area contributed by atoms with Crippen LogP contribution in [0.3, 0.4) is 0 Å². The van der Waals surface area contributed by atoms with E-state index in [1.54, 1.807) is 23.3 Å². The predicted molar refractivity (Wildman–Crippen MR) is 67.3 cm³/mol. The van der Waals surface area contributed by atoms with Crippen molar-refractivity contribution in [2.24, 2.45) is 0 Å². The summed E-state index contributed by atoms with van der Waals surface area (Å²) >= 11 is 0. The summed E-state index contributed by atoms with van der Waals surface area (Å²) in [5, 5.41) is 12.3. The molecule has 0 aliphatic carbocycles. The van der Waals surface area contributed by atoms with Crippen molar-refractivity contribution in [3.05, 3.63) is 24.3 Å². The predicted octanol–water partition coefficient (Wildman–Crippen LogP) is 1.24. The fraction of sp³-hybridized carbons (Fsp3) is 0.273. The van der Waals surface area contributed by atoms with Gasteiger partial charge in [-0.2, -0.15) is 14.9 Å². The van der Waals surface area contributed by atoms with E-state index >= 15 is 0 Å². The van der Waals surface area contributed by atoms with Crippen LogP contribution in [0.2, 0.25) is 0 Å². The van der Waals surface area contributed by atoms with Crippen LogP contribution in [0.5, 0.6) is 0 Å². The fourth-order valence-corrected chi connectivity index (χ4v) is 1.92. The molecule has 18 heavy (non-hydrogen) atoms. The van der Waals surface area contributed by atoms with Crippen LogP contribution in [0.1, 0.15) is 25.5 Å². The van der Waals surface area contributed by atoms with Gasteiger partial charge in [-0.25, -0.2) is 4.98 Å². The second-order valence-electron chi connectivity index (χ2n) is 4.35. The Morgan fingerprint density at radius 3 is 2.83 bits per heavy atom. The van der Waals surface area contributed by atoms with Gasteiger partial charge in [0.2, 0.25) is 0 Å². The fourth-order valence-electron chi connectivity index (χ4n) is 1.92. The third-order valence-corrected chi connectivity index (χ3v) is 2.75. The number of nitrogen functional groups attached to an aromatic ring is 1. The van der Waals surface area contributed by atoms with Crippen molar-refractivity contribution < 1.29 is 0 Å². The Bertz CT molecular complexity index is 680. The second kappa shape index (κ2) is 3.80. The average molecular weight is 243 g/mol. The quantitative estimate of drug-likeness (QED) is 0.705. The van der Waals surface area contributed by atoms with Crippen molar-refractivity contribution in [3.8, 4) is 5.82 Å². The molecular weight excluding hydrogens is 230 g/mol. The van der Waals surface area contributed by atoms with E-state index < -0.39 is 0 Å². The molecule has 3 aromatic heterocycles. The van der Waals surface area contributed by atoms with Crippen LogP contribution in [-0.2, 0) is 0 Å². The Morgan fingerprint density at radius 2 is 2.17 bits per heavy atom. The van der Waals surface area contributed by atoms with Crippen molar-refractivity contribution in [2.45, 2.75) is 19.8 Å². The number of fused-ring (bicyclic) bond motifs is 1. The molecule has 0 fully saturated rings. The van der Waals surface area contributed by atoms with Crippen LogP contribution in [0, 0.1) is 0 Å². The Hall–Kier alpha value is -2.44. The number of rotatable bonds is 2. The molecule has 0 unspecified atom stereocenters. The largest absolute Gasteiger partial charge is 0.383 e. The number of nitrogens with two attached hydrogens (primary N) is 1. The normalized spacial score (nSPS) is 11.5. The lowest BCUT2D eigenvalue weighted by Crippen LogP contribution is -2.02. The SMILES string of the molecule is CC(C)c1nn(-c2cnccn2)c2n[nH]c(N)c12. The molecule has 0 aromatic carbocycles. The van der Waals surface area contributed by atoms with E-state index in [0.29, 0.717) is 17.3 Å². The molecule has 7 nitrogen and oxygen atoms in total. The van der Waals surface area contributed by atoms with Gasteiger partial charge < -0.3 is 5.73 Å². The molecule has 0 radical (unpaired) electrons. The van der Waals surface area contributed by atoms with Gasteiger partial charge in [0.1, 0.15) is 5.82 Å². The molecule has 3 rings (SSSR count). The lowest BCUT2D eigenvalue weighted by molar-refractivity contribution is 0.759. The molecule has 3 aromatic rings. The zero-order chi connectivity index (χ0) is 12.7. The van der Waals surface area contributed by atoms with Crippen molar-refractivity contribution in [1.29, 1.82) is 0 Å². The van der Waals surface area contributed by atoms with Crippen molar-refractivity contribution >= 4 is 16.9 Å². The van der Waals surface area contributed by atoms with Crippen molar-refractivity contribution in [3.63, 3.8) is 0 Å². The highest BCUT2D eigenvalue weighted by Gasteiger charge is 2.19. The highest BCUT2D eigenvalue weighted by Crippen LogP contribution is 2.28. The topological polar surface area (TPSA) is 98.3 Å². The minimum absolute atomic E-state index is 0.255. The Balaban J connectivity index is 2.31. The molecular formula is C11H13N7. The van der Waals surface area contributed by atoms with Crippen molar-refractivity contribution in [2.75, 3.05) is 5.73 Å². The van der Waals surface area contributed by atoms with E-state index in [4.69, 9.17) is 5.73 Å². The minimum Gasteiger partial charge on any atom is -0.383 e. The first-order chi connectivity index (χ1) is 8.68. The molecule has 3 N–H and O–H groups in total. The van der Waals surface area contributed by atoms with Gasteiger partial charge in [-0.15, -0.1) is 0 Å². The van der Waals surface area contributed by atoms with E-state index in [1.807, 2.05) is 0 Å². The zero-order valence-electron chi connectivity index (χ0n) is 10.1.